The second kappa shape index (κ2) is 7.54. The van der Waals surface area contributed by atoms with Crippen molar-refractivity contribution in [2.24, 2.45) is 0 Å². The first-order valence-electron chi connectivity index (χ1n) is 7.65. The van der Waals surface area contributed by atoms with E-state index in [9.17, 15) is 4.79 Å². The van der Waals surface area contributed by atoms with E-state index in [4.69, 9.17) is 4.74 Å². The fourth-order valence-electron chi connectivity index (χ4n) is 2.39. The number of anilines is 2. The SMILES string of the molecule is CNc1ncc(C(=O)Nc2n[nH]c(COC)c2-c2ccccc2)cn1. The Morgan fingerprint density at radius 2 is 1.92 bits per heavy atom. The molecule has 0 unspecified atom stereocenters. The Labute approximate surface area is 144 Å². The molecule has 0 spiro atoms. The molecule has 3 rings (SSSR count). The third-order valence-electron chi connectivity index (χ3n) is 3.56. The highest BCUT2D eigenvalue weighted by atomic mass is 16.5. The van der Waals surface area contributed by atoms with Gasteiger partial charge in [-0.25, -0.2) is 9.97 Å². The van der Waals surface area contributed by atoms with Crippen LogP contribution in [0.3, 0.4) is 0 Å². The highest BCUT2D eigenvalue weighted by Gasteiger charge is 2.18. The van der Waals surface area contributed by atoms with Gasteiger partial charge in [0.2, 0.25) is 5.95 Å². The standard InChI is InChI=1S/C17H18N6O2/c1-18-17-19-8-12(9-20-17)16(24)21-15-14(11-6-4-3-5-7-11)13(10-25-2)22-23-15/h3-9H,10H2,1-2H3,(H,18,19,20)(H2,21,22,23,24). The largest absolute Gasteiger partial charge is 0.378 e. The van der Waals surface area contributed by atoms with Crippen LogP contribution < -0.4 is 10.6 Å². The lowest BCUT2D eigenvalue weighted by Crippen LogP contribution is -2.14. The molecule has 0 saturated carbocycles. The second-order valence-electron chi connectivity index (χ2n) is 5.22. The van der Waals surface area contributed by atoms with Gasteiger partial charge < -0.3 is 15.4 Å². The molecular weight excluding hydrogens is 320 g/mol. The van der Waals surface area contributed by atoms with Crippen LogP contribution in [0.15, 0.2) is 42.7 Å². The van der Waals surface area contributed by atoms with Gasteiger partial charge in [-0.05, 0) is 5.56 Å². The number of amides is 1. The van der Waals surface area contributed by atoms with E-state index in [2.05, 4.69) is 30.8 Å². The van der Waals surface area contributed by atoms with Crippen molar-refractivity contribution in [2.75, 3.05) is 24.8 Å². The molecule has 25 heavy (non-hydrogen) atoms. The summed E-state index contributed by atoms with van der Waals surface area (Å²) in [6.45, 7) is 0.354. The number of nitrogens with zero attached hydrogens (tertiary/aromatic N) is 3. The minimum atomic E-state index is -0.338. The Morgan fingerprint density at radius 3 is 2.56 bits per heavy atom. The number of carbonyl (C=O) groups is 1. The molecule has 3 N–H and O–H groups in total. The van der Waals surface area contributed by atoms with Crippen molar-refractivity contribution in [1.29, 1.82) is 0 Å². The van der Waals surface area contributed by atoms with Crippen molar-refractivity contribution in [3.05, 3.63) is 54.0 Å². The van der Waals surface area contributed by atoms with Gasteiger partial charge in [0.25, 0.3) is 5.91 Å². The molecule has 128 valence electrons. The van der Waals surface area contributed by atoms with Gasteiger partial charge in [0.15, 0.2) is 5.82 Å². The number of aromatic nitrogens is 4. The van der Waals surface area contributed by atoms with Crippen LogP contribution in [-0.2, 0) is 11.3 Å². The van der Waals surface area contributed by atoms with E-state index < -0.39 is 0 Å². The maximum atomic E-state index is 12.5. The normalized spacial score (nSPS) is 10.5. The molecule has 0 aliphatic heterocycles. The van der Waals surface area contributed by atoms with Crippen LogP contribution in [0.25, 0.3) is 11.1 Å². The Morgan fingerprint density at radius 1 is 1.20 bits per heavy atom. The van der Waals surface area contributed by atoms with E-state index in [0.717, 1.165) is 16.8 Å². The highest BCUT2D eigenvalue weighted by Crippen LogP contribution is 2.30. The van der Waals surface area contributed by atoms with Crippen LogP contribution in [0.1, 0.15) is 16.1 Å². The van der Waals surface area contributed by atoms with Gasteiger partial charge in [-0.3, -0.25) is 9.89 Å². The van der Waals surface area contributed by atoms with Crippen LogP contribution in [0, 0.1) is 0 Å². The van der Waals surface area contributed by atoms with Crippen molar-refractivity contribution in [1.82, 2.24) is 20.2 Å². The first kappa shape index (κ1) is 16.6. The van der Waals surface area contributed by atoms with Crippen LogP contribution in [0.2, 0.25) is 0 Å². The van der Waals surface area contributed by atoms with E-state index in [1.54, 1.807) is 14.2 Å². The number of rotatable bonds is 6. The van der Waals surface area contributed by atoms with Gasteiger partial charge in [-0.1, -0.05) is 30.3 Å². The van der Waals surface area contributed by atoms with Crippen LogP contribution in [0.4, 0.5) is 11.8 Å². The lowest BCUT2D eigenvalue weighted by atomic mass is 10.1. The predicted molar refractivity (Wildman–Crippen MR) is 94.3 cm³/mol. The molecule has 8 heteroatoms. The van der Waals surface area contributed by atoms with Gasteiger partial charge in [0.05, 0.1) is 17.9 Å². The lowest BCUT2D eigenvalue weighted by Gasteiger charge is -2.07. The fourth-order valence-corrected chi connectivity index (χ4v) is 2.39. The Hall–Kier alpha value is -3.26. The van der Waals surface area contributed by atoms with Crippen LogP contribution in [-0.4, -0.2) is 40.2 Å². The smallest absolute Gasteiger partial charge is 0.260 e. The van der Waals surface area contributed by atoms with Gasteiger partial charge in [-0.15, -0.1) is 0 Å². The number of hydrogen-bond acceptors (Lipinski definition) is 6. The van der Waals surface area contributed by atoms with E-state index >= 15 is 0 Å². The Bertz CT molecular complexity index is 845. The zero-order valence-electron chi connectivity index (χ0n) is 13.9. The number of hydrogen-bond donors (Lipinski definition) is 3. The number of ether oxygens (including phenoxy) is 1. The molecule has 1 amide bonds. The summed E-state index contributed by atoms with van der Waals surface area (Å²) in [4.78, 5) is 20.6. The molecular formula is C17H18N6O2. The van der Waals surface area contributed by atoms with E-state index in [0.29, 0.717) is 23.9 Å². The molecule has 1 aromatic carbocycles. The lowest BCUT2D eigenvalue weighted by molar-refractivity contribution is 0.102. The van der Waals surface area contributed by atoms with Gasteiger partial charge in [0, 0.05) is 32.1 Å². The molecule has 0 atom stereocenters. The maximum Gasteiger partial charge on any atom is 0.260 e. The zero-order chi connectivity index (χ0) is 17.6. The zero-order valence-corrected chi connectivity index (χ0v) is 13.9. The maximum absolute atomic E-state index is 12.5. The van der Waals surface area contributed by atoms with Gasteiger partial charge >= 0.3 is 0 Å². The quantitative estimate of drug-likeness (QED) is 0.637. The molecule has 0 aliphatic rings. The highest BCUT2D eigenvalue weighted by molar-refractivity contribution is 6.05. The van der Waals surface area contributed by atoms with E-state index in [-0.39, 0.29) is 5.91 Å². The molecule has 0 saturated heterocycles. The molecule has 0 aliphatic carbocycles. The topological polar surface area (TPSA) is 105 Å². The molecule has 2 aromatic heterocycles. The summed E-state index contributed by atoms with van der Waals surface area (Å²) >= 11 is 0. The summed E-state index contributed by atoms with van der Waals surface area (Å²) < 4.78 is 5.21. The van der Waals surface area contributed by atoms with E-state index in [1.807, 2.05) is 30.3 Å². The fraction of sp³-hybridized carbons (Fsp3) is 0.176. The molecule has 8 nitrogen and oxygen atoms in total. The second-order valence-corrected chi connectivity index (χ2v) is 5.22. The number of carbonyl (C=O) groups excluding carboxylic acids is 1. The molecule has 2 heterocycles. The first-order chi connectivity index (χ1) is 12.2. The Kier molecular flexibility index (Phi) is 5.00. The third-order valence-corrected chi connectivity index (χ3v) is 3.56. The van der Waals surface area contributed by atoms with Crippen LogP contribution in [0.5, 0.6) is 0 Å². The summed E-state index contributed by atoms with van der Waals surface area (Å²) in [5, 5.41) is 12.7. The number of methoxy groups -OCH3 is 1. The van der Waals surface area contributed by atoms with Crippen molar-refractivity contribution in [2.45, 2.75) is 6.61 Å². The molecule has 0 bridgehead atoms. The minimum Gasteiger partial charge on any atom is -0.378 e. The van der Waals surface area contributed by atoms with Crippen molar-refractivity contribution in [3.63, 3.8) is 0 Å². The summed E-state index contributed by atoms with van der Waals surface area (Å²) in [6, 6.07) is 9.68. The molecule has 3 aromatic rings. The summed E-state index contributed by atoms with van der Waals surface area (Å²) in [6.07, 6.45) is 2.91. The van der Waals surface area contributed by atoms with Gasteiger partial charge in [-0.2, -0.15) is 5.10 Å². The summed E-state index contributed by atoms with van der Waals surface area (Å²) in [7, 11) is 3.32. The summed E-state index contributed by atoms with van der Waals surface area (Å²) in [5.41, 5.74) is 2.85. The number of aromatic amines is 1. The molecule has 0 fully saturated rings. The number of nitrogens with one attached hydrogen (secondary N) is 3. The predicted octanol–water partition coefficient (Wildman–Crippen LogP) is 2.31. The summed E-state index contributed by atoms with van der Waals surface area (Å²) in [5.74, 6) is 0.542. The number of H-pyrrole nitrogens is 1. The van der Waals surface area contributed by atoms with E-state index in [1.165, 1.54) is 12.4 Å². The third kappa shape index (κ3) is 3.64. The van der Waals surface area contributed by atoms with Crippen molar-refractivity contribution >= 4 is 17.7 Å². The number of benzene rings is 1. The van der Waals surface area contributed by atoms with Crippen molar-refractivity contribution in [3.8, 4) is 11.1 Å². The Balaban J connectivity index is 1.90. The average molecular weight is 338 g/mol. The average Bonchev–Trinajstić information content (AvgIpc) is 3.05. The minimum absolute atomic E-state index is 0.338. The first-order valence-corrected chi connectivity index (χ1v) is 7.65. The van der Waals surface area contributed by atoms with Crippen molar-refractivity contribution < 1.29 is 9.53 Å². The van der Waals surface area contributed by atoms with Gasteiger partial charge in [0.1, 0.15) is 0 Å². The monoisotopic (exact) mass is 338 g/mol. The van der Waals surface area contributed by atoms with Crippen LogP contribution >= 0.6 is 0 Å². The molecule has 0 radical (unpaired) electrons.